The van der Waals surface area contributed by atoms with Crippen molar-refractivity contribution in [3.8, 4) is 0 Å². The van der Waals surface area contributed by atoms with E-state index in [2.05, 4.69) is 106 Å². The molecular weight excluding hydrogens is 841 g/mol. The Morgan fingerprint density at radius 1 is 0.309 bits per heavy atom. The summed E-state index contributed by atoms with van der Waals surface area (Å²) in [4.78, 5) is 38.1. The summed E-state index contributed by atoms with van der Waals surface area (Å²) in [6.07, 6.45) is 72.9. The Morgan fingerprint density at radius 3 is 0.912 bits per heavy atom. The van der Waals surface area contributed by atoms with Crippen LogP contribution in [0.5, 0.6) is 0 Å². The van der Waals surface area contributed by atoms with Gasteiger partial charge in [0, 0.05) is 19.3 Å². The fraction of sp³-hybridized carbons (Fsp3) is 0.726. The van der Waals surface area contributed by atoms with Crippen LogP contribution in [0.2, 0.25) is 0 Å². The van der Waals surface area contributed by atoms with E-state index in [0.29, 0.717) is 19.3 Å². The first-order valence-corrected chi connectivity index (χ1v) is 28.6. The smallest absolute Gasteiger partial charge is 0.306 e. The van der Waals surface area contributed by atoms with Crippen LogP contribution in [0.3, 0.4) is 0 Å². The van der Waals surface area contributed by atoms with E-state index in [-0.39, 0.29) is 31.1 Å². The van der Waals surface area contributed by atoms with Crippen LogP contribution in [-0.4, -0.2) is 37.2 Å². The number of esters is 3. The second-order valence-electron chi connectivity index (χ2n) is 18.8. The Kier molecular flexibility index (Phi) is 53.4. The summed E-state index contributed by atoms with van der Waals surface area (Å²) < 4.78 is 16.8. The first kappa shape index (κ1) is 64.6. The molecule has 0 N–H and O–H groups in total. The van der Waals surface area contributed by atoms with Crippen molar-refractivity contribution in [2.75, 3.05) is 13.2 Å². The Morgan fingerprint density at radius 2 is 0.574 bits per heavy atom. The van der Waals surface area contributed by atoms with E-state index in [4.69, 9.17) is 14.2 Å². The molecule has 0 spiro atoms. The Hall–Kier alpha value is -3.41. The van der Waals surface area contributed by atoms with Gasteiger partial charge in [-0.15, -0.1) is 0 Å². The van der Waals surface area contributed by atoms with Gasteiger partial charge < -0.3 is 14.2 Å². The number of rotatable bonds is 51. The van der Waals surface area contributed by atoms with Gasteiger partial charge in [0.2, 0.25) is 0 Å². The maximum Gasteiger partial charge on any atom is 0.306 e. The molecule has 0 aromatic heterocycles. The minimum atomic E-state index is -0.788. The molecule has 390 valence electrons. The molecule has 6 heteroatoms. The summed E-state index contributed by atoms with van der Waals surface area (Å²) in [5.41, 5.74) is 0. The van der Waals surface area contributed by atoms with Crippen molar-refractivity contribution >= 4 is 17.9 Å². The third-order valence-corrected chi connectivity index (χ3v) is 12.1. The monoisotopic (exact) mass is 947 g/mol. The molecule has 0 saturated heterocycles. The van der Waals surface area contributed by atoms with Crippen LogP contribution in [0.4, 0.5) is 0 Å². The third kappa shape index (κ3) is 53.5. The first-order chi connectivity index (χ1) is 33.5. The summed E-state index contributed by atoms with van der Waals surface area (Å²) in [5, 5.41) is 0. The van der Waals surface area contributed by atoms with Crippen molar-refractivity contribution in [3.05, 3.63) is 85.1 Å². The van der Waals surface area contributed by atoms with Crippen molar-refractivity contribution in [2.45, 2.75) is 277 Å². The average Bonchev–Trinajstić information content (AvgIpc) is 3.34. The molecule has 0 heterocycles. The van der Waals surface area contributed by atoms with E-state index >= 15 is 0 Å². The van der Waals surface area contributed by atoms with Gasteiger partial charge in [0.25, 0.3) is 0 Å². The van der Waals surface area contributed by atoms with E-state index in [9.17, 15) is 14.4 Å². The highest BCUT2D eigenvalue weighted by atomic mass is 16.6. The molecule has 0 bridgehead atoms. The van der Waals surface area contributed by atoms with Gasteiger partial charge >= 0.3 is 17.9 Å². The Labute approximate surface area is 420 Å². The van der Waals surface area contributed by atoms with Crippen molar-refractivity contribution < 1.29 is 28.6 Å². The van der Waals surface area contributed by atoms with Gasteiger partial charge in [-0.2, -0.15) is 0 Å². The zero-order valence-corrected chi connectivity index (χ0v) is 44.6. The van der Waals surface area contributed by atoms with Crippen LogP contribution >= 0.6 is 0 Å². The zero-order chi connectivity index (χ0) is 49.3. The quantitative estimate of drug-likeness (QED) is 0.0262. The standard InChI is InChI=1S/C62H106O6/c1-4-7-10-13-16-19-22-25-27-28-29-30-31-32-33-34-35-38-40-43-46-49-52-55-61(64)67-58-59(57-66-60(63)54-51-48-45-42-39-36-24-21-18-15-12-9-6-3)68-62(65)56-53-50-47-44-41-37-26-23-20-17-14-11-8-5-2/h7,9-10,12,16,18-19,21,25,27,29-30,36,39,59H,4-6,8,11,13-15,17,20,22-24,26,28,31-35,37-38,40-58H2,1-3H3/b10-7-,12-9-,19-16-,21-18-,27-25-,30-29-,39-36-. The van der Waals surface area contributed by atoms with Crippen LogP contribution in [0, 0.1) is 0 Å². The van der Waals surface area contributed by atoms with Gasteiger partial charge in [-0.25, -0.2) is 0 Å². The summed E-state index contributed by atoms with van der Waals surface area (Å²) >= 11 is 0. The number of unbranched alkanes of at least 4 members (excludes halogenated alkanes) is 26. The number of hydrogen-bond acceptors (Lipinski definition) is 6. The van der Waals surface area contributed by atoms with E-state index in [0.717, 1.165) is 109 Å². The van der Waals surface area contributed by atoms with E-state index in [1.54, 1.807) is 0 Å². The molecule has 0 aliphatic carbocycles. The second-order valence-corrected chi connectivity index (χ2v) is 18.8. The van der Waals surface area contributed by atoms with Gasteiger partial charge in [-0.05, 0) is 89.9 Å². The SMILES string of the molecule is CC/C=C\C/C=C\C/C=C\C/C=C\CCCCCCCCCCCCC(=O)OCC(COC(=O)CCCCC/C=C\C/C=C\C/C=C\CC)OC(=O)CCCCCCCCCCCCCCCC. The van der Waals surface area contributed by atoms with E-state index in [1.807, 2.05) is 0 Å². The van der Waals surface area contributed by atoms with E-state index < -0.39 is 6.10 Å². The molecule has 1 atom stereocenters. The minimum absolute atomic E-state index is 0.0863. The number of hydrogen-bond donors (Lipinski definition) is 0. The molecule has 0 rings (SSSR count). The van der Waals surface area contributed by atoms with Gasteiger partial charge in [0.05, 0.1) is 0 Å². The third-order valence-electron chi connectivity index (χ3n) is 12.1. The second kappa shape index (κ2) is 56.2. The fourth-order valence-electron chi connectivity index (χ4n) is 7.92. The van der Waals surface area contributed by atoms with Crippen LogP contribution in [0.1, 0.15) is 271 Å². The molecule has 0 aromatic carbocycles. The van der Waals surface area contributed by atoms with Crippen molar-refractivity contribution in [1.82, 2.24) is 0 Å². The van der Waals surface area contributed by atoms with Crippen molar-refractivity contribution in [3.63, 3.8) is 0 Å². The lowest BCUT2D eigenvalue weighted by molar-refractivity contribution is -0.167. The summed E-state index contributed by atoms with van der Waals surface area (Å²) in [6.45, 7) is 6.40. The molecule has 68 heavy (non-hydrogen) atoms. The maximum atomic E-state index is 12.8. The topological polar surface area (TPSA) is 78.9 Å². The molecule has 0 radical (unpaired) electrons. The lowest BCUT2D eigenvalue weighted by Crippen LogP contribution is -2.30. The van der Waals surface area contributed by atoms with Crippen LogP contribution in [0.25, 0.3) is 0 Å². The normalized spacial score (nSPS) is 12.7. The molecule has 1 unspecified atom stereocenters. The van der Waals surface area contributed by atoms with Gasteiger partial charge in [0.15, 0.2) is 6.10 Å². The zero-order valence-electron chi connectivity index (χ0n) is 44.6. The van der Waals surface area contributed by atoms with Crippen LogP contribution in [0.15, 0.2) is 85.1 Å². The van der Waals surface area contributed by atoms with Crippen LogP contribution < -0.4 is 0 Å². The molecule has 0 amide bonds. The molecule has 0 fully saturated rings. The van der Waals surface area contributed by atoms with Crippen LogP contribution in [-0.2, 0) is 28.6 Å². The lowest BCUT2D eigenvalue weighted by Gasteiger charge is -2.18. The van der Waals surface area contributed by atoms with Crippen molar-refractivity contribution in [1.29, 1.82) is 0 Å². The Balaban J connectivity index is 4.33. The number of carbonyl (C=O) groups is 3. The Bertz CT molecular complexity index is 1320. The number of carbonyl (C=O) groups excluding carboxylic acids is 3. The average molecular weight is 948 g/mol. The molecule has 0 aliphatic heterocycles. The molecule has 0 aliphatic rings. The summed E-state index contributed by atoms with van der Waals surface area (Å²) in [6, 6.07) is 0. The predicted octanol–water partition coefficient (Wildman–Crippen LogP) is 19.2. The summed E-state index contributed by atoms with van der Waals surface area (Å²) in [5.74, 6) is -0.913. The molecule has 0 aromatic rings. The lowest BCUT2D eigenvalue weighted by atomic mass is 10.0. The number of ether oxygens (including phenoxy) is 3. The number of allylic oxidation sites excluding steroid dienone is 14. The maximum absolute atomic E-state index is 12.8. The highest BCUT2D eigenvalue weighted by Crippen LogP contribution is 2.16. The fourth-order valence-corrected chi connectivity index (χ4v) is 7.92. The largest absolute Gasteiger partial charge is 0.462 e. The summed E-state index contributed by atoms with van der Waals surface area (Å²) in [7, 11) is 0. The highest BCUT2D eigenvalue weighted by molar-refractivity contribution is 5.71. The van der Waals surface area contributed by atoms with E-state index in [1.165, 1.54) is 122 Å². The predicted molar refractivity (Wildman–Crippen MR) is 293 cm³/mol. The van der Waals surface area contributed by atoms with Gasteiger partial charge in [-0.3, -0.25) is 14.4 Å². The van der Waals surface area contributed by atoms with Crippen molar-refractivity contribution in [2.24, 2.45) is 0 Å². The van der Waals surface area contributed by atoms with Gasteiger partial charge in [-0.1, -0.05) is 247 Å². The highest BCUT2D eigenvalue weighted by Gasteiger charge is 2.19. The molecule has 6 nitrogen and oxygen atoms in total. The first-order valence-electron chi connectivity index (χ1n) is 28.6. The van der Waals surface area contributed by atoms with Gasteiger partial charge in [0.1, 0.15) is 13.2 Å². The molecule has 0 saturated carbocycles. The molecular formula is C62H106O6. The minimum Gasteiger partial charge on any atom is -0.462 e.